The molecule has 1 unspecified atom stereocenters. The van der Waals surface area contributed by atoms with E-state index < -0.39 is 50.9 Å². The minimum Gasteiger partial charge on any atom is -0.461 e. The Morgan fingerprint density at radius 3 is 2.11 bits per heavy atom. The molecule has 1 aliphatic carbocycles. The normalized spacial score (nSPS) is 22.0. The van der Waals surface area contributed by atoms with Gasteiger partial charge in [-0.15, -0.1) is 0 Å². The molecule has 0 amide bonds. The number of hydrogen-bond acceptors (Lipinski definition) is 5. The molecule has 0 N–H and O–H groups in total. The van der Waals surface area contributed by atoms with Crippen molar-refractivity contribution in [2.45, 2.75) is 64.1 Å². The maximum absolute atomic E-state index is 13.6. The van der Waals surface area contributed by atoms with Gasteiger partial charge in [0.2, 0.25) is 0 Å². The van der Waals surface area contributed by atoms with Gasteiger partial charge in [-0.3, -0.25) is 18.4 Å². The van der Waals surface area contributed by atoms with E-state index in [4.69, 9.17) is 4.74 Å². The second-order valence-electron chi connectivity index (χ2n) is 9.84. The fourth-order valence-electron chi connectivity index (χ4n) is 4.32. The van der Waals surface area contributed by atoms with Gasteiger partial charge in [-0.25, -0.2) is 0 Å². The molecule has 0 aromatic heterocycles. The number of rotatable bonds is 11. The third kappa shape index (κ3) is 10.2. The zero-order valence-electron chi connectivity index (χ0n) is 21.4. The zero-order valence-corrected chi connectivity index (χ0v) is 22.3. The maximum Gasteiger partial charge on any atom is 0.412 e. The number of benzene rings is 1. The summed E-state index contributed by atoms with van der Waals surface area (Å²) in [4.78, 5) is 13.4. The summed E-state index contributed by atoms with van der Waals surface area (Å²) in [5.74, 6) is -1.17. The van der Waals surface area contributed by atoms with Crippen LogP contribution in [0.15, 0.2) is 48.6 Å². The Morgan fingerprint density at radius 2 is 1.61 bits per heavy atom. The van der Waals surface area contributed by atoms with Gasteiger partial charge in [0.1, 0.15) is 6.10 Å². The van der Waals surface area contributed by atoms with Crippen LogP contribution in [0, 0.1) is 17.8 Å². The Morgan fingerprint density at radius 1 is 1.05 bits per heavy atom. The van der Waals surface area contributed by atoms with Gasteiger partial charge in [-0.2, -0.15) is 26.3 Å². The molecular weight excluding hydrogens is 537 g/mol. The Hall–Kier alpha value is -2.10. The van der Waals surface area contributed by atoms with Crippen molar-refractivity contribution in [1.82, 2.24) is 0 Å². The molecule has 0 heterocycles. The van der Waals surface area contributed by atoms with Crippen LogP contribution in [0.5, 0.6) is 0 Å². The van der Waals surface area contributed by atoms with E-state index in [0.717, 1.165) is 6.42 Å². The van der Waals surface area contributed by atoms with Crippen LogP contribution in [0.2, 0.25) is 0 Å². The van der Waals surface area contributed by atoms with Crippen LogP contribution in [0.1, 0.15) is 45.6 Å². The van der Waals surface area contributed by atoms with Crippen molar-refractivity contribution >= 4 is 19.6 Å². The smallest absolute Gasteiger partial charge is 0.412 e. The number of allylic oxidation sites excluding steroid dienone is 1. The van der Waals surface area contributed by atoms with Gasteiger partial charge in [0.05, 0.1) is 0 Å². The van der Waals surface area contributed by atoms with E-state index in [9.17, 15) is 35.7 Å². The summed E-state index contributed by atoms with van der Waals surface area (Å²) in [6.07, 6.45) is -6.20. The third-order valence-corrected chi connectivity index (χ3v) is 8.38. The lowest BCUT2D eigenvalue weighted by Gasteiger charge is -2.37. The van der Waals surface area contributed by atoms with Crippen molar-refractivity contribution in [2.75, 3.05) is 13.2 Å². The first kappa shape index (κ1) is 32.1. The van der Waals surface area contributed by atoms with Gasteiger partial charge in [0.25, 0.3) is 0 Å². The van der Waals surface area contributed by atoms with Gasteiger partial charge in [0, 0.05) is 0 Å². The first-order valence-corrected chi connectivity index (χ1v) is 13.8. The van der Waals surface area contributed by atoms with E-state index >= 15 is 0 Å². The molecule has 4 atom stereocenters. The predicted molar refractivity (Wildman–Crippen MR) is 131 cm³/mol. The van der Waals surface area contributed by atoms with Crippen LogP contribution in [0.3, 0.4) is 0 Å². The first-order chi connectivity index (χ1) is 17.5. The molecule has 0 spiro atoms. The molecule has 0 radical (unpaired) electrons. The summed E-state index contributed by atoms with van der Waals surface area (Å²) in [5, 5.41) is 0. The van der Waals surface area contributed by atoms with E-state index in [1.54, 1.807) is 30.3 Å². The maximum atomic E-state index is 13.6. The fourth-order valence-corrected chi connectivity index (χ4v) is 6.16. The third-order valence-electron chi connectivity index (χ3n) is 6.23. The van der Waals surface area contributed by atoms with E-state index in [2.05, 4.69) is 15.6 Å². The number of hydrogen-bond donors (Lipinski definition) is 0. The van der Waals surface area contributed by atoms with E-state index in [1.807, 2.05) is 20.8 Å². The van der Waals surface area contributed by atoms with Crippen molar-refractivity contribution < 1.29 is 49.5 Å². The van der Waals surface area contributed by atoms with Crippen molar-refractivity contribution in [3.63, 3.8) is 0 Å². The van der Waals surface area contributed by atoms with Crippen molar-refractivity contribution in [1.29, 1.82) is 0 Å². The highest BCUT2D eigenvalue weighted by Crippen LogP contribution is 2.57. The molecule has 0 bridgehead atoms. The Bertz CT molecular complexity index is 984. The summed E-state index contributed by atoms with van der Waals surface area (Å²) >= 11 is 0. The molecule has 0 aliphatic heterocycles. The molecular formula is C26H33F6O5P. The van der Waals surface area contributed by atoms with Gasteiger partial charge in [-0.05, 0) is 41.7 Å². The minimum atomic E-state index is -5.45. The first-order valence-electron chi connectivity index (χ1n) is 12.2. The number of ether oxygens (including phenoxy) is 1. The molecule has 1 fully saturated rings. The van der Waals surface area contributed by atoms with E-state index in [0.29, 0.717) is 18.4 Å². The highest BCUT2D eigenvalue weighted by molar-refractivity contribution is 7.56. The highest BCUT2D eigenvalue weighted by Gasteiger charge is 2.49. The van der Waals surface area contributed by atoms with E-state index in [-0.39, 0.29) is 23.3 Å². The van der Waals surface area contributed by atoms with Gasteiger partial charge in [-0.1, -0.05) is 76.3 Å². The molecule has 1 saturated carbocycles. The summed E-state index contributed by atoms with van der Waals surface area (Å²) in [6.45, 7) is 5.02. The van der Waals surface area contributed by atoms with Gasteiger partial charge < -0.3 is 4.74 Å². The quantitative estimate of drug-likeness (QED) is 0.117. The number of halogens is 6. The summed E-state index contributed by atoms with van der Waals surface area (Å²) in [5.41, 5.74) is -2.04. The predicted octanol–water partition coefficient (Wildman–Crippen LogP) is 7.98. The fraction of sp³-hybridized carbons (Fsp3) is 0.577. The lowest BCUT2D eigenvalue weighted by Crippen LogP contribution is -2.39. The molecule has 2 rings (SSSR count). The largest absolute Gasteiger partial charge is 0.461 e. The van der Waals surface area contributed by atoms with Crippen LogP contribution < -0.4 is 0 Å². The molecule has 1 aliphatic rings. The topological polar surface area (TPSA) is 61.8 Å². The lowest BCUT2D eigenvalue weighted by atomic mass is 9.75. The van der Waals surface area contributed by atoms with Crippen LogP contribution in [-0.2, 0) is 23.1 Å². The SMILES string of the molecule is C=C(/C=C/c1ccccc1)C(C(=O)O[C@@H]1C[C@H](C)CC[C@H]1C(C)C)P(=O)(OCC(F)(F)F)OCC(F)(F)F. The van der Waals surface area contributed by atoms with E-state index in [1.165, 1.54) is 12.2 Å². The molecule has 38 heavy (non-hydrogen) atoms. The Balaban J connectivity index is 2.48. The molecule has 1 aromatic rings. The Kier molecular flexibility index (Phi) is 11.2. The number of alkyl halides is 6. The highest BCUT2D eigenvalue weighted by atomic mass is 31.2. The van der Waals surface area contributed by atoms with Crippen molar-refractivity contribution in [3.8, 4) is 0 Å². The van der Waals surface area contributed by atoms with Crippen LogP contribution in [-0.4, -0.2) is 43.3 Å². The van der Waals surface area contributed by atoms with Gasteiger partial charge >= 0.3 is 25.9 Å². The monoisotopic (exact) mass is 570 g/mol. The average molecular weight is 571 g/mol. The van der Waals surface area contributed by atoms with Crippen molar-refractivity contribution in [2.24, 2.45) is 17.8 Å². The second kappa shape index (κ2) is 13.3. The lowest BCUT2D eigenvalue weighted by molar-refractivity contribution is -0.168. The van der Waals surface area contributed by atoms with Crippen LogP contribution >= 0.6 is 7.60 Å². The summed E-state index contributed by atoms with van der Waals surface area (Å²) in [7, 11) is -5.45. The molecule has 214 valence electrons. The number of esters is 1. The number of carbonyl (C=O) groups is 1. The van der Waals surface area contributed by atoms with Crippen LogP contribution in [0.25, 0.3) is 6.08 Å². The van der Waals surface area contributed by atoms with Gasteiger partial charge in [0.15, 0.2) is 18.9 Å². The Labute approximate surface area is 218 Å². The standard InChI is InChI=1S/C26H33F6O5P/c1-17(2)21-13-10-18(3)14-22(21)37-24(33)23(19(4)11-12-20-8-6-5-7-9-20)38(34,35-15-25(27,28)29)36-16-26(30,31)32/h5-9,11-12,17-18,21-23H,4,10,13-16H2,1-3H3/b12-11+/t18-,21+,22-,23?/m1/s1. The van der Waals surface area contributed by atoms with Crippen molar-refractivity contribution in [3.05, 3.63) is 54.1 Å². The molecule has 0 saturated heterocycles. The average Bonchev–Trinajstić information content (AvgIpc) is 2.80. The van der Waals surface area contributed by atoms with Crippen LogP contribution in [0.4, 0.5) is 26.3 Å². The minimum absolute atomic E-state index is 0.0784. The molecule has 1 aromatic carbocycles. The summed E-state index contributed by atoms with van der Waals surface area (Å²) < 4.78 is 106. The molecule has 12 heteroatoms. The molecule has 5 nitrogen and oxygen atoms in total. The number of carbonyl (C=O) groups excluding carboxylic acids is 1. The summed E-state index contributed by atoms with van der Waals surface area (Å²) in [6, 6.07) is 8.43. The second-order valence-corrected chi connectivity index (χ2v) is 12.0. The zero-order chi connectivity index (χ0) is 28.7.